The Bertz CT molecular complexity index is 1200. The van der Waals surface area contributed by atoms with Crippen LogP contribution in [0, 0.1) is 0 Å². The van der Waals surface area contributed by atoms with Gasteiger partial charge in [-0.15, -0.1) is 0 Å². The van der Waals surface area contributed by atoms with Gasteiger partial charge in [0.2, 0.25) is 5.91 Å². The minimum absolute atomic E-state index is 0.000863. The lowest BCUT2D eigenvalue weighted by Crippen LogP contribution is -2.64. The molecule has 0 aliphatic carbocycles. The van der Waals surface area contributed by atoms with Gasteiger partial charge in [0.25, 0.3) is 0 Å². The molecule has 2 aliphatic heterocycles. The fourth-order valence-corrected chi connectivity index (χ4v) is 6.91. The molecule has 2 unspecified atom stereocenters. The first-order valence-corrected chi connectivity index (χ1v) is 14.6. The molecule has 2 aliphatic rings. The third kappa shape index (κ3) is 7.20. The van der Waals surface area contributed by atoms with Crippen LogP contribution in [-0.4, -0.2) is 81.7 Å². The maximum atomic E-state index is 14.6. The minimum Gasteiger partial charge on any atom is -0.460 e. The van der Waals surface area contributed by atoms with Gasteiger partial charge in [-0.1, -0.05) is 41.9 Å². The van der Waals surface area contributed by atoms with Gasteiger partial charge in [0.1, 0.15) is 42.8 Å². The number of esters is 1. The second kappa shape index (κ2) is 13.4. The molecular weight excluding hydrogens is 567 g/mol. The molecule has 4 rings (SSSR count). The summed E-state index contributed by atoms with van der Waals surface area (Å²) in [6, 6.07) is 12.6. The van der Waals surface area contributed by atoms with Crippen LogP contribution in [0.3, 0.4) is 0 Å². The molecular formula is C26H32ClN2O10P. The van der Waals surface area contributed by atoms with Crippen LogP contribution in [0.15, 0.2) is 54.6 Å². The molecule has 0 saturated carbocycles. The molecule has 2 aromatic rings. The molecule has 12 nitrogen and oxygen atoms in total. The molecule has 2 fully saturated rings. The van der Waals surface area contributed by atoms with Crippen molar-refractivity contribution in [3.63, 3.8) is 0 Å². The molecule has 7 atom stereocenters. The number of nitrogens with one attached hydrogen (secondary N) is 1. The first-order valence-electron chi connectivity index (χ1n) is 12.7. The van der Waals surface area contributed by atoms with E-state index in [2.05, 4.69) is 5.32 Å². The van der Waals surface area contributed by atoms with Crippen molar-refractivity contribution in [2.45, 2.75) is 63.1 Å². The van der Waals surface area contributed by atoms with Crippen LogP contribution >= 0.6 is 19.3 Å². The zero-order chi connectivity index (χ0) is 28.9. The summed E-state index contributed by atoms with van der Waals surface area (Å²) in [6.45, 7) is 0.593. The highest BCUT2D eigenvalue weighted by molar-refractivity contribution is 7.51. The van der Waals surface area contributed by atoms with Crippen molar-refractivity contribution in [3.8, 4) is 5.75 Å². The minimum atomic E-state index is -4.53. The van der Waals surface area contributed by atoms with Gasteiger partial charge in [-0.05, 0) is 42.7 Å². The van der Waals surface area contributed by atoms with E-state index in [1.165, 1.54) is 35.9 Å². The van der Waals surface area contributed by atoms with Crippen LogP contribution in [0.2, 0.25) is 5.02 Å². The number of ether oxygens (including phenoxy) is 2. The van der Waals surface area contributed by atoms with Crippen LogP contribution in [0.4, 0.5) is 0 Å². The van der Waals surface area contributed by atoms with Crippen LogP contribution in [0.25, 0.3) is 0 Å². The van der Waals surface area contributed by atoms with Gasteiger partial charge in [-0.25, -0.2) is 4.57 Å². The molecule has 0 radical (unpaired) electrons. The van der Waals surface area contributed by atoms with Crippen LogP contribution < -0.4 is 9.84 Å². The van der Waals surface area contributed by atoms with Gasteiger partial charge in [0.15, 0.2) is 6.29 Å². The van der Waals surface area contributed by atoms with E-state index in [1.54, 1.807) is 12.1 Å². The zero-order valence-electron chi connectivity index (χ0n) is 21.7. The summed E-state index contributed by atoms with van der Waals surface area (Å²) in [7, 11) is -4.53. The first-order chi connectivity index (χ1) is 19.1. The van der Waals surface area contributed by atoms with E-state index >= 15 is 0 Å². The SMILES string of the molecule is CC(=O)N[C@@H]1[C@@H](OP(=O)(Oc2ccc(Cl)cc2)N2CCCC2C(=O)OCc2ccccc2)[C@H](O)[C@@H](CO)O[C@@H]1O. The van der Waals surface area contributed by atoms with Crippen LogP contribution in [0.1, 0.15) is 25.3 Å². The van der Waals surface area contributed by atoms with Crippen molar-refractivity contribution in [3.05, 3.63) is 65.2 Å². The number of rotatable bonds is 10. The van der Waals surface area contributed by atoms with Gasteiger partial charge in [-0.3, -0.25) is 14.1 Å². The Kier molecular flexibility index (Phi) is 10.2. The molecule has 2 saturated heterocycles. The van der Waals surface area contributed by atoms with Crippen molar-refractivity contribution in [1.82, 2.24) is 9.99 Å². The zero-order valence-corrected chi connectivity index (χ0v) is 23.3. The summed E-state index contributed by atoms with van der Waals surface area (Å²) < 4.78 is 38.5. The lowest BCUT2D eigenvalue weighted by molar-refractivity contribution is -0.250. The van der Waals surface area contributed by atoms with Crippen molar-refractivity contribution in [1.29, 1.82) is 0 Å². The monoisotopic (exact) mass is 598 g/mol. The predicted octanol–water partition coefficient (Wildman–Crippen LogP) is 2.00. The van der Waals surface area contributed by atoms with Crippen LogP contribution in [-0.2, 0) is 34.8 Å². The third-order valence-corrected chi connectivity index (χ3v) is 8.88. The van der Waals surface area contributed by atoms with Crippen molar-refractivity contribution in [2.24, 2.45) is 0 Å². The highest BCUT2D eigenvalue weighted by Gasteiger charge is 2.54. The summed E-state index contributed by atoms with van der Waals surface area (Å²) >= 11 is 5.98. The van der Waals surface area contributed by atoms with E-state index in [1.807, 2.05) is 18.2 Å². The molecule has 2 heterocycles. The van der Waals surface area contributed by atoms with E-state index in [9.17, 15) is 29.5 Å². The second-order valence-electron chi connectivity index (χ2n) is 9.46. The number of hydrogen-bond donors (Lipinski definition) is 4. The summed E-state index contributed by atoms with van der Waals surface area (Å²) in [5.41, 5.74) is 0.768. The molecule has 0 spiro atoms. The molecule has 1 amide bonds. The van der Waals surface area contributed by atoms with Gasteiger partial charge >= 0.3 is 13.7 Å². The fraction of sp³-hybridized carbons (Fsp3) is 0.462. The average Bonchev–Trinajstić information content (AvgIpc) is 3.44. The van der Waals surface area contributed by atoms with E-state index in [-0.39, 0.29) is 25.3 Å². The van der Waals surface area contributed by atoms with E-state index in [0.29, 0.717) is 11.4 Å². The molecule has 14 heteroatoms. The highest BCUT2D eigenvalue weighted by atomic mass is 35.5. The standard InChI is InChI=1S/C26H32ClN2O10P/c1-16(31)28-22-24(23(32)21(14-30)37-26(22)34)39-40(35,38-19-11-9-18(27)10-12-19)29-13-5-8-20(29)25(33)36-15-17-6-3-2-4-7-17/h2-4,6-7,9-12,20-24,26,30,32,34H,5,8,13-15H2,1H3,(H,28,31)/t20?,21-,22-,23-,24-,26+,40?/m1/s1. The average molecular weight is 599 g/mol. The Hall–Kier alpha value is -2.54. The maximum Gasteiger partial charge on any atom is 0.462 e. The Balaban J connectivity index is 1.65. The number of nitrogens with zero attached hydrogens (tertiary/aromatic N) is 1. The number of carbonyl (C=O) groups excluding carboxylic acids is 2. The van der Waals surface area contributed by atoms with Gasteiger partial charge in [0.05, 0.1) is 6.61 Å². The van der Waals surface area contributed by atoms with Crippen molar-refractivity contribution < 1.29 is 48.0 Å². The largest absolute Gasteiger partial charge is 0.462 e. The van der Waals surface area contributed by atoms with E-state index in [0.717, 1.165) is 5.56 Å². The number of hydrogen-bond acceptors (Lipinski definition) is 10. The number of aliphatic hydroxyl groups is 3. The Morgan fingerprint density at radius 3 is 2.50 bits per heavy atom. The number of benzene rings is 2. The normalized spacial score (nSPS) is 28.4. The molecule has 40 heavy (non-hydrogen) atoms. The van der Waals surface area contributed by atoms with Crippen LogP contribution in [0.5, 0.6) is 5.75 Å². The van der Waals surface area contributed by atoms with E-state index < -0.39 is 62.9 Å². The van der Waals surface area contributed by atoms with Crippen molar-refractivity contribution in [2.75, 3.05) is 13.2 Å². The summed E-state index contributed by atoms with van der Waals surface area (Å²) in [4.78, 5) is 25.1. The van der Waals surface area contributed by atoms with Gasteiger partial charge in [0, 0.05) is 18.5 Å². The molecule has 218 valence electrons. The number of carbonyl (C=O) groups is 2. The Morgan fingerprint density at radius 1 is 1.15 bits per heavy atom. The molecule has 2 aromatic carbocycles. The summed E-state index contributed by atoms with van der Waals surface area (Å²) in [5, 5.41) is 34.0. The summed E-state index contributed by atoms with van der Waals surface area (Å²) in [6.07, 6.45) is -5.50. The quantitative estimate of drug-likeness (QED) is 0.233. The lowest BCUT2D eigenvalue weighted by Gasteiger charge is -2.44. The second-order valence-corrected chi connectivity index (χ2v) is 11.7. The highest BCUT2D eigenvalue weighted by Crippen LogP contribution is 2.57. The Labute approximate surface area is 236 Å². The number of aliphatic hydroxyl groups excluding tert-OH is 3. The Morgan fingerprint density at radius 2 is 1.85 bits per heavy atom. The molecule has 4 N–H and O–H groups in total. The smallest absolute Gasteiger partial charge is 0.460 e. The predicted molar refractivity (Wildman–Crippen MR) is 142 cm³/mol. The topological polar surface area (TPSA) is 164 Å². The van der Waals surface area contributed by atoms with E-state index in [4.69, 9.17) is 30.1 Å². The number of halogens is 1. The maximum absolute atomic E-state index is 14.6. The molecule has 0 bridgehead atoms. The number of amides is 1. The molecule has 0 aromatic heterocycles. The fourth-order valence-electron chi connectivity index (χ4n) is 4.62. The first kappa shape index (κ1) is 30.4. The van der Waals surface area contributed by atoms with Gasteiger partial charge in [-0.2, -0.15) is 4.67 Å². The van der Waals surface area contributed by atoms with Gasteiger partial charge < -0.3 is 34.6 Å². The third-order valence-electron chi connectivity index (χ3n) is 6.57. The van der Waals surface area contributed by atoms with Crippen molar-refractivity contribution >= 4 is 31.2 Å². The lowest BCUT2D eigenvalue weighted by atomic mass is 9.97. The summed E-state index contributed by atoms with van der Waals surface area (Å²) in [5.74, 6) is -1.15.